The molecule has 2 aromatic rings. The highest BCUT2D eigenvalue weighted by atomic mass is 15.3. The highest BCUT2D eigenvalue weighted by Crippen LogP contribution is 2.04. The third kappa shape index (κ3) is 3.42. The molecule has 0 aromatic carbocycles. The van der Waals surface area contributed by atoms with Gasteiger partial charge in [-0.2, -0.15) is 5.10 Å². The second kappa shape index (κ2) is 5.63. The Hall–Kier alpha value is -1.62. The van der Waals surface area contributed by atoms with Crippen molar-refractivity contribution in [2.75, 3.05) is 6.54 Å². The largest absolute Gasteiger partial charge is 0.348 e. The number of hydrogen-bond donors (Lipinski definition) is 2. The van der Waals surface area contributed by atoms with Gasteiger partial charge in [0, 0.05) is 49.2 Å². The summed E-state index contributed by atoms with van der Waals surface area (Å²) >= 11 is 0. The van der Waals surface area contributed by atoms with Gasteiger partial charge in [0.1, 0.15) is 0 Å². The standard InChI is InChI=1S/C12H19N5/c1-10(2)17-8-11(6-16-17)5-13-4-3-12-7-14-9-15-12/h6-10,13H,3-5H2,1-2H3,(H,14,15). The van der Waals surface area contributed by atoms with Crippen LogP contribution in [0.15, 0.2) is 24.9 Å². The normalized spacial score (nSPS) is 11.2. The van der Waals surface area contributed by atoms with Crippen molar-refractivity contribution < 1.29 is 0 Å². The van der Waals surface area contributed by atoms with Crippen molar-refractivity contribution >= 4 is 0 Å². The number of nitrogens with one attached hydrogen (secondary N) is 2. The van der Waals surface area contributed by atoms with Gasteiger partial charge in [0.15, 0.2) is 0 Å². The lowest BCUT2D eigenvalue weighted by molar-refractivity contribution is 0.531. The van der Waals surface area contributed by atoms with Crippen LogP contribution in [0, 0.1) is 0 Å². The first-order valence-electron chi connectivity index (χ1n) is 5.96. The van der Waals surface area contributed by atoms with Crippen molar-refractivity contribution in [3.05, 3.63) is 36.2 Å². The highest BCUT2D eigenvalue weighted by Gasteiger charge is 2.01. The SMILES string of the molecule is CC(C)n1cc(CNCCc2cnc[nH]2)cn1. The Kier molecular flexibility index (Phi) is 3.93. The second-order valence-electron chi connectivity index (χ2n) is 4.43. The summed E-state index contributed by atoms with van der Waals surface area (Å²) in [5, 5.41) is 7.70. The molecule has 0 aliphatic rings. The van der Waals surface area contributed by atoms with Crippen LogP contribution in [0.4, 0.5) is 0 Å². The number of hydrogen-bond acceptors (Lipinski definition) is 3. The highest BCUT2D eigenvalue weighted by molar-refractivity contribution is 5.04. The first-order chi connectivity index (χ1) is 8.25. The number of rotatable bonds is 6. The van der Waals surface area contributed by atoms with Gasteiger partial charge in [-0.05, 0) is 13.8 Å². The minimum absolute atomic E-state index is 0.425. The summed E-state index contributed by atoms with van der Waals surface area (Å²) in [6.45, 7) is 6.06. The minimum atomic E-state index is 0.425. The van der Waals surface area contributed by atoms with Crippen molar-refractivity contribution in [1.82, 2.24) is 25.1 Å². The Morgan fingerprint density at radius 2 is 2.29 bits per heavy atom. The molecular weight excluding hydrogens is 214 g/mol. The lowest BCUT2D eigenvalue weighted by atomic mass is 10.3. The molecular formula is C12H19N5. The van der Waals surface area contributed by atoms with Gasteiger partial charge in [-0.15, -0.1) is 0 Å². The molecule has 2 rings (SSSR count). The zero-order valence-corrected chi connectivity index (χ0v) is 10.3. The average molecular weight is 233 g/mol. The Bertz CT molecular complexity index is 429. The van der Waals surface area contributed by atoms with E-state index in [1.54, 1.807) is 6.33 Å². The third-order valence-electron chi connectivity index (χ3n) is 2.64. The fourth-order valence-corrected chi connectivity index (χ4v) is 1.63. The minimum Gasteiger partial charge on any atom is -0.348 e. The van der Waals surface area contributed by atoms with E-state index in [0.717, 1.165) is 25.2 Å². The summed E-state index contributed by atoms with van der Waals surface area (Å²) < 4.78 is 1.98. The maximum Gasteiger partial charge on any atom is 0.0921 e. The molecule has 0 spiro atoms. The van der Waals surface area contributed by atoms with Crippen LogP contribution in [0.2, 0.25) is 0 Å². The van der Waals surface area contributed by atoms with E-state index in [1.807, 2.05) is 17.1 Å². The van der Waals surface area contributed by atoms with E-state index < -0.39 is 0 Å². The van der Waals surface area contributed by atoms with Crippen LogP contribution >= 0.6 is 0 Å². The molecule has 0 aliphatic heterocycles. The Morgan fingerprint density at radius 3 is 2.94 bits per heavy atom. The summed E-state index contributed by atoms with van der Waals surface area (Å²) in [7, 11) is 0. The number of aromatic nitrogens is 4. The van der Waals surface area contributed by atoms with Crippen molar-refractivity contribution in [2.45, 2.75) is 32.9 Å². The topological polar surface area (TPSA) is 58.5 Å². The van der Waals surface area contributed by atoms with Gasteiger partial charge in [-0.25, -0.2) is 4.98 Å². The maximum atomic E-state index is 4.30. The van der Waals surface area contributed by atoms with Crippen LogP contribution < -0.4 is 5.32 Å². The van der Waals surface area contributed by atoms with Gasteiger partial charge in [0.2, 0.25) is 0 Å². The number of nitrogens with zero attached hydrogens (tertiary/aromatic N) is 3. The molecule has 5 heteroatoms. The van der Waals surface area contributed by atoms with E-state index in [4.69, 9.17) is 0 Å². The summed E-state index contributed by atoms with van der Waals surface area (Å²) in [6, 6.07) is 0.425. The molecule has 0 fully saturated rings. The second-order valence-corrected chi connectivity index (χ2v) is 4.43. The molecule has 0 saturated carbocycles. The van der Waals surface area contributed by atoms with E-state index in [9.17, 15) is 0 Å². The molecule has 2 aromatic heterocycles. The van der Waals surface area contributed by atoms with Crippen molar-refractivity contribution in [3.63, 3.8) is 0 Å². The van der Waals surface area contributed by atoms with Gasteiger partial charge in [-0.1, -0.05) is 0 Å². The summed E-state index contributed by atoms with van der Waals surface area (Å²) in [6.07, 6.45) is 8.55. The molecule has 0 aliphatic carbocycles. The zero-order valence-electron chi connectivity index (χ0n) is 10.3. The van der Waals surface area contributed by atoms with Crippen molar-refractivity contribution in [3.8, 4) is 0 Å². The van der Waals surface area contributed by atoms with Crippen molar-refractivity contribution in [2.24, 2.45) is 0 Å². The Morgan fingerprint density at radius 1 is 1.41 bits per heavy atom. The Balaban J connectivity index is 1.71. The van der Waals surface area contributed by atoms with Crippen LogP contribution in [-0.4, -0.2) is 26.3 Å². The van der Waals surface area contributed by atoms with Gasteiger partial charge in [-0.3, -0.25) is 4.68 Å². The molecule has 0 amide bonds. The van der Waals surface area contributed by atoms with Crippen LogP contribution in [0.5, 0.6) is 0 Å². The number of H-pyrrole nitrogens is 1. The number of aromatic amines is 1. The lowest BCUT2D eigenvalue weighted by Crippen LogP contribution is -2.16. The molecule has 0 bridgehead atoms. The number of imidazole rings is 1. The van der Waals surface area contributed by atoms with E-state index >= 15 is 0 Å². The first kappa shape index (κ1) is 11.9. The summed E-state index contributed by atoms with van der Waals surface area (Å²) in [5.74, 6) is 0. The lowest BCUT2D eigenvalue weighted by Gasteiger charge is -2.03. The molecule has 5 nitrogen and oxygen atoms in total. The monoisotopic (exact) mass is 233 g/mol. The fraction of sp³-hybridized carbons (Fsp3) is 0.500. The molecule has 0 radical (unpaired) electrons. The first-order valence-corrected chi connectivity index (χ1v) is 5.96. The molecule has 0 saturated heterocycles. The summed E-state index contributed by atoms with van der Waals surface area (Å²) in [5.41, 5.74) is 2.39. The van der Waals surface area contributed by atoms with E-state index in [0.29, 0.717) is 6.04 Å². The third-order valence-corrected chi connectivity index (χ3v) is 2.64. The molecule has 0 unspecified atom stereocenters. The molecule has 17 heavy (non-hydrogen) atoms. The predicted molar refractivity (Wildman–Crippen MR) is 66.6 cm³/mol. The van der Waals surface area contributed by atoms with E-state index in [-0.39, 0.29) is 0 Å². The van der Waals surface area contributed by atoms with E-state index in [2.05, 4.69) is 40.4 Å². The molecule has 0 atom stereocenters. The zero-order chi connectivity index (χ0) is 12.1. The predicted octanol–water partition coefficient (Wildman–Crippen LogP) is 1.52. The van der Waals surface area contributed by atoms with E-state index in [1.165, 1.54) is 5.56 Å². The smallest absolute Gasteiger partial charge is 0.0921 e. The van der Waals surface area contributed by atoms with Gasteiger partial charge in [0.25, 0.3) is 0 Å². The van der Waals surface area contributed by atoms with Gasteiger partial charge >= 0.3 is 0 Å². The average Bonchev–Trinajstić information content (AvgIpc) is 2.96. The fourth-order valence-electron chi connectivity index (χ4n) is 1.63. The van der Waals surface area contributed by atoms with Crippen LogP contribution in [-0.2, 0) is 13.0 Å². The maximum absolute atomic E-state index is 4.30. The van der Waals surface area contributed by atoms with Crippen LogP contribution in [0.1, 0.15) is 31.1 Å². The van der Waals surface area contributed by atoms with Crippen molar-refractivity contribution in [1.29, 1.82) is 0 Å². The summed E-state index contributed by atoms with van der Waals surface area (Å²) in [4.78, 5) is 7.07. The Labute approximate surface area is 101 Å². The molecule has 2 N–H and O–H groups in total. The molecule has 92 valence electrons. The quantitative estimate of drug-likeness (QED) is 0.744. The van der Waals surface area contributed by atoms with Gasteiger partial charge < -0.3 is 10.3 Å². The van der Waals surface area contributed by atoms with Crippen LogP contribution in [0.3, 0.4) is 0 Å². The van der Waals surface area contributed by atoms with Gasteiger partial charge in [0.05, 0.1) is 12.5 Å². The van der Waals surface area contributed by atoms with Crippen LogP contribution in [0.25, 0.3) is 0 Å². The molecule has 2 heterocycles.